The fourth-order valence-corrected chi connectivity index (χ4v) is 3.10. The average Bonchev–Trinajstić information content (AvgIpc) is 2.69. The molecule has 2 atom stereocenters. The van der Waals surface area contributed by atoms with Crippen molar-refractivity contribution in [2.24, 2.45) is 0 Å². The molecule has 1 aliphatic heterocycles. The molecule has 0 spiro atoms. The Balaban J connectivity index is 2.32. The van der Waals surface area contributed by atoms with Crippen molar-refractivity contribution in [1.82, 2.24) is 5.32 Å². The molecule has 18 heavy (non-hydrogen) atoms. The Morgan fingerprint density at radius 1 is 1.33 bits per heavy atom. The van der Waals surface area contributed by atoms with Gasteiger partial charge in [-0.2, -0.15) is 0 Å². The Morgan fingerprint density at radius 2 is 2.06 bits per heavy atom. The summed E-state index contributed by atoms with van der Waals surface area (Å²) in [7, 11) is 2.05. The van der Waals surface area contributed by atoms with Crippen LogP contribution in [-0.2, 0) is 0 Å². The molecule has 1 N–H and O–H groups in total. The number of nitrogens with zero attached hydrogens (tertiary/aromatic N) is 1. The fraction of sp³-hybridized carbons (Fsp3) is 0.625. The van der Waals surface area contributed by atoms with Gasteiger partial charge in [-0.15, -0.1) is 0 Å². The van der Waals surface area contributed by atoms with Crippen molar-refractivity contribution in [2.75, 3.05) is 18.5 Å². The average molecular weight is 246 g/mol. The Labute approximate surface area is 111 Å². The number of benzene rings is 1. The maximum atomic E-state index is 3.37. The maximum Gasteiger partial charge on any atom is 0.0407 e. The minimum absolute atomic E-state index is 0.578. The minimum Gasteiger partial charge on any atom is -0.368 e. The van der Waals surface area contributed by atoms with E-state index in [1.807, 2.05) is 0 Å². The van der Waals surface area contributed by atoms with Gasteiger partial charge >= 0.3 is 0 Å². The third kappa shape index (κ3) is 2.39. The first-order chi connectivity index (χ1) is 8.54. The van der Waals surface area contributed by atoms with Crippen LogP contribution in [0.2, 0.25) is 0 Å². The molecule has 1 aromatic rings. The van der Waals surface area contributed by atoms with Gasteiger partial charge in [0.15, 0.2) is 0 Å². The predicted molar refractivity (Wildman–Crippen MR) is 79.5 cm³/mol. The number of aryl methyl sites for hydroxylation is 1. The zero-order valence-corrected chi connectivity index (χ0v) is 12.3. The Morgan fingerprint density at radius 3 is 2.67 bits per heavy atom. The van der Waals surface area contributed by atoms with Crippen LogP contribution in [0.15, 0.2) is 18.2 Å². The highest BCUT2D eigenvalue weighted by Gasteiger charge is 2.31. The van der Waals surface area contributed by atoms with Gasteiger partial charge in [-0.1, -0.05) is 12.1 Å². The second-order valence-electron chi connectivity index (χ2n) is 5.88. The summed E-state index contributed by atoms with van der Waals surface area (Å²) < 4.78 is 0. The van der Waals surface area contributed by atoms with Crippen LogP contribution in [0.4, 0.5) is 5.69 Å². The van der Waals surface area contributed by atoms with Gasteiger partial charge < -0.3 is 10.2 Å². The predicted octanol–water partition coefficient (Wildman–Crippen LogP) is 3.31. The highest BCUT2D eigenvalue weighted by molar-refractivity contribution is 5.63. The molecule has 2 rings (SSSR count). The van der Waals surface area contributed by atoms with E-state index in [2.05, 4.69) is 63.2 Å². The van der Waals surface area contributed by atoms with E-state index in [1.165, 1.54) is 24.2 Å². The monoisotopic (exact) mass is 246 g/mol. The number of rotatable bonds is 4. The molecule has 2 nitrogen and oxygen atoms in total. The van der Waals surface area contributed by atoms with E-state index in [0.29, 0.717) is 18.0 Å². The summed E-state index contributed by atoms with van der Waals surface area (Å²) in [5.74, 6) is 0.672. The number of fused-ring (bicyclic) bond motifs is 1. The van der Waals surface area contributed by atoms with Gasteiger partial charge in [0.05, 0.1) is 0 Å². The van der Waals surface area contributed by atoms with E-state index in [9.17, 15) is 0 Å². The highest BCUT2D eigenvalue weighted by Crippen LogP contribution is 2.41. The lowest BCUT2D eigenvalue weighted by molar-refractivity contribution is 0.498. The molecule has 0 aliphatic carbocycles. The van der Waals surface area contributed by atoms with Crippen molar-refractivity contribution in [1.29, 1.82) is 0 Å². The SMILES string of the molecule is CNC(C)CC1CN(C(C)C)c2cccc(C)c21. The smallest absolute Gasteiger partial charge is 0.0407 e. The number of hydrogen-bond donors (Lipinski definition) is 1. The summed E-state index contributed by atoms with van der Waals surface area (Å²) in [4.78, 5) is 2.55. The molecule has 1 aromatic carbocycles. The van der Waals surface area contributed by atoms with Gasteiger partial charge in [0, 0.05) is 30.2 Å². The molecule has 2 heteroatoms. The fourth-order valence-electron chi connectivity index (χ4n) is 3.10. The van der Waals surface area contributed by atoms with E-state index < -0.39 is 0 Å². The Hall–Kier alpha value is -1.02. The van der Waals surface area contributed by atoms with Crippen LogP contribution in [0.1, 0.15) is 44.2 Å². The number of hydrogen-bond acceptors (Lipinski definition) is 2. The van der Waals surface area contributed by atoms with Gasteiger partial charge in [0.2, 0.25) is 0 Å². The summed E-state index contributed by atoms with van der Waals surface area (Å²) in [6.45, 7) is 10.3. The molecule has 2 unspecified atom stereocenters. The second-order valence-corrected chi connectivity index (χ2v) is 5.88. The molecule has 0 radical (unpaired) electrons. The zero-order valence-electron chi connectivity index (χ0n) is 12.3. The minimum atomic E-state index is 0.578. The van der Waals surface area contributed by atoms with Gasteiger partial charge in [-0.25, -0.2) is 0 Å². The topological polar surface area (TPSA) is 15.3 Å². The zero-order chi connectivity index (χ0) is 13.3. The molecule has 0 saturated carbocycles. The summed E-state index contributed by atoms with van der Waals surface area (Å²) in [5, 5.41) is 3.37. The molecule has 0 fully saturated rings. The van der Waals surface area contributed by atoms with E-state index in [1.54, 1.807) is 5.56 Å². The van der Waals surface area contributed by atoms with Crippen LogP contribution < -0.4 is 10.2 Å². The molecule has 0 bridgehead atoms. The first-order valence-electron chi connectivity index (χ1n) is 7.08. The van der Waals surface area contributed by atoms with Gasteiger partial charge in [-0.05, 0) is 58.4 Å². The van der Waals surface area contributed by atoms with Crippen molar-refractivity contribution in [2.45, 2.75) is 52.1 Å². The normalized spacial score (nSPS) is 20.3. The summed E-state index contributed by atoms with van der Waals surface area (Å²) in [6, 6.07) is 7.88. The van der Waals surface area contributed by atoms with Crippen LogP contribution in [0, 0.1) is 6.92 Å². The molecule has 0 saturated heterocycles. The van der Waals surface area contributed by atoms with Crippen molar-refractivity contribution in [3.05, 3.63) is 29.3 Å². The van der Waals surface area contributed by atoms with Crippen molar-refractivity contribution < 1.29 is 0 Å². The molecular weight excluding hydrogens is 220 g/mol. The number of anilines is 1. The molecule has 100 valence electrons. The van der Waals surface area contributed by atoms with Crippen LogP contribution >= 0.6 is 0 Å². The summed E-state index contributed by atoms with van der Waals surface area (Å²) in [5.41, 5.74) is 4.48. The third-order valence-electron chi connectivity index (χ3n) is 4.19. The van der Waals surface area contributed by atoms with Gasteiger partial charge in [0.1, 0.15) is 0 Å². The quantitative estimate of drug-likeness (QED) is 0.877. The Bertz CT molecular complexity index is 412. The largest absolute Gasteiger partial charge is 0.368 e. The third-order valence-corrected chi connectivity index (χ3v) is 4.19. The maximum absolute atomic E-state index is 3.37. The molecule has 1 heterocycles. The van der Waals surface area contributed by atoms with Gasteiger partial charge in [0.25, 0.3) is 0 Å². The lowest BCUT2D eigenvalue weighted by Gasteiger charge is -2.25. The molecule has 0 amide bonds. The van der Waals surface area contributed by atoms with E-state index in [4.69, 9.17) is 0 Å². The lowest BCUT2D eigenvalue weighted by atomic mass is 9.91. The van der Waals surface area contributed by atoms with E-state index >= 15 is 0 Å². The first-order valence-corrected chi connectivity index (χ1v) is 7.08. The summed E-state index contributed by atoms with van der Waals surface area (Å²) in [6.07, 6.45) is 1.22. The van der Waals surface area contributed by atoms with E-state index in [0.717, 1.165) is 0 Å². The summed E-state index contributed by atoms with van der Waals surface area (Å²) >= 11 is 0. The highest BCUT2D eigenvalue weighted by atomic mass is 15.2. The van der Waals surface area contributed by atoms with Gasteiger partial charge in [-0.3, -0.25) is 0 Å². The van der Waals surface area contributed by atoms with Crippen molar-refractivity contribution >= 4 is 5.69 Å². The van der Waals surface area contributed by atoms with Crippen molar-refractivity contribution in [3.63, 3.8) is 0 Å². The van der Waals surface area contributed by atoms with Crippen LogP contribution in [0.3, 0.4) is 0 Å². The lowest BCUT2D eigenvalue weighted by Crippen LogP contribution is -2.31. The number of nitrogens with one attached hydrogen (secondary N) is 1. The van der Waals surface area contributed by atoms with Crippen LogP contribution in [-0.4, -0.2) is 25.7 Å². The van der Waals surface area contributed by atoms with Crippen LogP contribution in [0.25, 0.3) is 0 Å². The second kappa shape index (κ2) is 5.31. The van der Waals surface area contributed by atoms with Crippen LogP contribution in [0.5, 0.6) is 0 Å². The molecule has 1 aliphatic rings. The van der Waals surface area contributed by atoms with Crippen molar-refractivity contribution in [3.8, 4) is 0 Å². The molecule has 0 aromatic heterocycles. The van der Waals surface area contributed by atoms with E-state index in [-0.39, 0.29) is 0 Å². The Kier molecular flexibility index (Phi) is 3.96. The first kappa shape index (κ1) is 13.4. The standard InChI is InChI=1S/C16H26N2/c1-11(2)18-10-14(9-13(4)17-5)16-12(3)7-6-8-15(16)18/h6-8,11,13-14,17H,9-10H2,1-5H3. The molecular formula is C16H26N2.